The Bertz CT molecular complexity index is 392. The highest BCUT2D eigenvalue weighted by Gasteiger charge is 2.31. The van der Waals surface area contributed by atoms with Crippen LogP contribution in [0, 0.1) is 11.7 Å². The van der Waals surface area contributed by atoms with Crippen molar-refractivity contribution in [2.24, 2.45) is 5.92 Å². The summed E-state index contributed by atoms with van der Waals surface area (Å²) >= 11 is 1.67. The first-order valence-electron chi connectivity index (χ1n) is 5.44. The second-order valence-electron chi connectivity index (χ2n) is 4.13. The van der Waals surface area contributed by atoms with E-state index in [0.29, 0.717) is 18.5 Å². The zero-order valence-corrected chi connectivity index (χ0v) is 11.0. The molecule has 0 aromatic heterocycles. The number of hydrogen-bond donors (Lipinski definition) is 1. The smallest absolute Gasteiger partial charge is 0.382 e. The third-order valence-corrected chi connectivity index (χ3v) is 3.29. The van der Waals surface area contributed by atoms with Crippen LogP contribution in [0.1, 0.15) is 12.5 Å². The Morgan fingerprint density at radius 2 is 2.00 bits per heavy atom. The highest BCUT2D eigenvalue weighted by atomic mass is 32.2. The lowest BCUT2D eigenvalue weighted by Gasteiger charge is -2.14. The van der Waals surface area contributed by atoms with Gasteiger partial charge in [-0.1, -0.05) is 6.92 Å². The number of hydrogen-bond acceptors (Lipinski definition) is 2. The van der Waals surface area contributed by atoms with E-state index < -0.39 is 17.6 Å². The molecule has 0 amide bonds. The van der Waals surface area contributed by atoms with Crippen molar-refractivity contribution in [2.45, 2.75) is 13.1 Å². The molecule has 1 atom stereocenters. The first-order valence-corrected chi connectivity index (χ1v) is 6.83. The molecular weight excluding hydrogens is 266 g/mol. The minimum atomic E-state index is -4.51. The van der Waals surface area contributed by atoms with Crippen LogP contribution in [0.2, 0.25) is 0 Å². The van der Waals surface area contributed by atoms with Crippen molar-refractivity contribution >= 4 is 17.4 Å². The van der Waals surface area contributed by atoms with Crippen molar-refractivity contribution in [3.05, 3.63) is 29.6 Å². The molecule has 0 saturated carbocycles. The van der Waals surface area contributed by atoms with E-state index >= 15 is 0 Å². The van der Waals surface area contributed by atoms with Crippen LogP contribution in [-0.2, 0) is 6.18 Å². The average molecular weight is 281 g/mol. The predicted octanol–water partition coefficient (Wildman–Crippen LogP) is 4.26. The first kappa shape index (κ1) is 15.1. The van der Waals surface area contributed by atoms with Crippen LogP contribution in [0.25, 0.3) is 0 Å². The molecule has 18 heavy (non-hydrogen) atoms. The lowest BCUT2D eigenvalue weighted by molar-refractivity contribution is -0.137. The highest BCUT2D eigenvalue weighted by Crippen LogP contribution is 2.31. The number of alkyl halides is 3. The predicted molar refractivity (Wildman–Crippen MR) is 67.4 cm³/mol. The number of thioether (sulfide) groups is 1. The normalized spacial score (nSPS) is 13.4. The summed E-state index contributed by atoms with van der Waals surface area (Å²) in [5.41, 5.74) is -0.862. The maximum atomic E-state index is 13.4. The molecule has 1 nitrogen and oxygen atoms in total. The summed E-state index contributed by atoms with van der Waals surface area (Å²) in [7, 11) is 0. The summed E-state index contributed by atoms with van der Waals surface area (Å²) in [6, 6.07) is 2.52. The lowest BCUT2D eigenvalue weighted by Crippen LogP contribution is -2.14. The molecule has 1 unspecified atom stereocenters. The van der Waals surface area contributed by atoms with Gasteiger partial charge in [0.25, 0.3) is 0 Å². The summed E-state index contributed by atoms with van der Waals surface area (Å²) < 4.78 is 50.4. The Morgan fingerprint density at radius 1 is 1.33 bits per heavy atom. The van der Waals surface area contributed by atoms with Crippen molar-refractivity contribution in [2.75, 3.05) is 23.9 Å². The van der Waals surface area contributed by atoms with Crippen LogP contribution < -0.4 is 5.32 Å². The van der Waals surface area contributed by atoms with E-state index in [1.54, 1.807) is 11.8 Å². The van der Waals surface area contributed by atoms with Gasteiger partial charge in [-0.2, -0.15) is 24.9 Å². The van der Waals surface area contributed by atoms with E-state index in [1.807, 2.05) is 13.2 Å². The van der Waals surface area contributed by atoms with Crippen LogP contribution in [0.4, 0.5) is 23.2 Å². The fraction of sp³-hybridized carbons (Fsp3) is 0.500. The maximum absolute atomic E-state index is 13.4. The van der Waals surface area contributed by atoms with Crippen molar-refractivity contribution in [3.8, 4) is 0 Å². The van der Waals surface area contributed by atoms with Gasteiger partial charge in [-0.25, -0.2) is 4.39 Å². The van der Waals surface area contributed by atoms with Crippen LogP contribution >= 0.6 is 11.8 Å². The molecule has 0 aliphatic carbocycles. The monoisotopic (exact) mass is 281 g/mol. The zero-order chi connectivity index (χ0) is 13.8. The summed E-state index contributed by atoms with van der Waals surface area (Å²) in [6.45, 7) is 2.52. The quantitative estimate of drug-likeness (QED) is 0.809. The molecule has 0 bridgehead atoms. The molecule has 1 aromatic rings. The molecule has 102 valence electrons. The number of halogens is 4. The van der Waals surface area contributed by atoms with Gasteiger partial charge in [0.05, 0.1) is 11.3 Å². The first-order chi connectivity index (χ1) is 8.34. The topological polar surface area (TPSA) is 12.0 Å². The maximum Gasteiger partial charge on any atom is 0.416 e. The highest BCUT2D eigenvalue weighted by molar-refractivity contribution is 7.98. The number of rotatable bonds is 5. The van der Waals surface area contributed by atoms with Gasteiger partial charge in [0.2, 0.25) is 0 Å². The summed E-state index contributed by atoms with van der Waals surface area (Å²) in [4.78, 5) is 0. The third kappa shape index (κ3) is 4.40. The van der Waals surface area contributed by atoms with Crippen LogP contribution in [0.3, 0.4) is 0 Å². The van der Waals surface area contributed by atoms with E-state index in [4.69, 9.17) is 0 Å². The van der Waals surface area contributed by atoms with Crippen LogP contribution in [0.5, 0.6) is 0 Å². The zero-order valence-electron chi connectivity index (χ0n) is 10.1. The Balaban J connectivity index is 2.69. The fourth-order valence-electron chi connectivity index (χ4n) is 1.46. The third-order valence-electron chi connectivity index (χ3n) is 2.39. The number of nitrogens with one attached hydrogen (secondary N) is 1. The second kappa shape index (κ2) is 6.31. The Labute approximate surface area is 108 Å². The minimum Gasteiger partial charge on any atom is -0.382 e. The molecule has 1 aromatic carbocycles. The molecule has 0 aliphatic rings. The molecule has 0 spiro atoms. The van der Waals surface area contributed by atoms with Gasteiger partial charge in [0.1, 0.15) is 5.82 Å². The van der Waals surface area contributed by atoms with Gasteiger partial charge < -0.3 is 5.32 Å². The second-order valence-corrected chi connectivity index (χ2v) is 5.04. The molecule has 0 saturated heterocycles. The van der Waals surface area contributed by atoms with Gasteiger partial charge in [0, 0.05) is 6.54 Å². The SMILES string of the molecule is CSCC(C)CNc1ccc(C(F)(F)F)cc1F. The molecule has 1 N–H and O–H groups in total. The summed E-state index contributed by atoms with van der Waals surface area (Å²) in [6.07, 6.45) is -2.54. The van der Waals surface area contributed by atoms with Crippen LogP contribution in [-0.4, -0.2) is 18.6 Å². The molecule has 0 radical (unpaired) electrons. The van der Waals surface area contributed by atoms with E-state index in [9.17, 15) is 17.6 Å². The summed E-state index contributed by atoms with van der Waals surface area (Å²) in [5.74, 6) is 0.359. The molecule has 0 aliphatic heterocycles. The summed E-state index contributed by atoms with van der Waals surface area (Å²) in [5, 5.41) is 2.82. The molecule has 1 rings (SSSR count). The minimum absolute atomic E-state index is 0.107. The van der Waals surface area contributed by atoms with Gasteiger partial charge in [0.15, 0.2) is 0 Å². The molecule has 0 fully saturated rings. The number of anilines is 1. The Hall–Kier alpha value is -0.910. The van der Waals surface area contributed by atoms with Gasteiger partial charge in [-0.05, 0) is 36.1 Å². The van der Waals surface area contributed by atoms with Gasteiger partial charge >= 0.3 is 6.18 Å². The standard InChI is InChI=1S/C12H15F4NS/c1-8(7-18-2)6-17-11-4-3-9(5-10(11)13)12(14,15)16/h3-5,8,17H,6-7H2,1-2H3. The van der Waals surface area contributed by atoms with Crippen molar-refractivity contribution < 1.29 is 17.6 Å². The largest absolute Gasteiger partial charge is 0.416 e. The van der Waals surface area contributed by atoms with Gasteiger partial charge in [-0.3, -0.25) is 0 Å². The van der Waals surface area contributed by atoms with E-state index in [-0.39, 0.29) is 5.69 Å². The van der Waals surface area contributed by atoms with Crippen molar-refractivity contribution in [1.29, 1.82) is 0 Å². The average Bonchev–Trinajstić information content (AvgIpc) is 2.26. The molecule has 6 heteroatoms. The Kier molecular flexibility index (Phi) is 5.31. The molecule has 0 heterocycles. The van der Waals surface area contributed by atoms with E-state index in [1.165, 1.54) is 0 Å². The van der Waals surface area contributed by atoms with Crippen LogP contribution in [0.15, 0.2) is 18.2 Å². The van der Waals surface area contributed by atoms with Crippen molar-refractivity contribution in [3.63, 3.8) is 0 Å². The fourth-order valence-corrected chi connectivity index (χ4v) is 2.15. The van der Waals surface area contributed by atoms with E-state index in [2.05, 4.69) is 5.32 Å². The van der Waals surface area contributed by atoms with E-state index in [0.717, 1.165) is 17.9 Å². The Morgan fingerprint density at radius 3 is 2.50 bits per heavy atom. The lowest BCUT2D eigenvalue weighted by atomic mass is 10.1. The van der Waals surface area contributed by atoms with Gasteiger partial charge in [-0.15, -0.1) is 0 Å². The number of benzene rings is 1. The molecular formula is C12H15F4NS. The van der Waals surface area contributed by atoms with Crippen molar-refractivity contribution in [1.82, 2.24) is 0 Å².